The van der Waals surface area contributed by atoms with E-state index in [0.717, 1.165) is 28.2 Å². The van der Waals surface area contributed by atoms with Crippen molar-refractivity contribution < 1.29 is 20.1 Å². The van der Waals surface area contributed by atoms with E-state index in [2.05, 4.69) is 89.2 Å². The van der Waals surface area contributed by atoms with Crippen LogP contribution in [0.1, 0.15) is 141 Å². The van der Waals surface area contributed by atoms with Crippen molar-refractivity contribution in [2.45, 2.75) is 135 Å². The van der Waals surface area contributed by atoms with Crippen LogP contribution in [0.4, 0.5) is 0 Å². The van der Waals surface area contributed by atoms with Crippen LogP contribution in [0.2, 0.25) is 0 Å². The van der Waals surface area contributed by atoms with Gasteiger partial charge < -0.3 is 4.98 Å². The van der Waals surface area contributed by atoms with Crippen molar-refractivity contribution in [3.63, 3.8) is 0 Å². The van der Waals surface area contributed by atoms with Crippen molar-refractivity contribution in [1.82, 2.24) is 19.9 Å². The van der Waals surface area contributed by atoms with Crippen LogP contribution in [0.5, 0.6) is 0 Å². The van der Waals surface area contributed by atoms with Gasteiger partial charge in [-0.1, -0.05) is 190 Å². The van der Waals surface area contributed by atoms with Gasteiger partial charge in [-0.3, -0.25) is 0 Å². The Balaban J connectivity index is 0.00000523. The van der Waals surface area contributed by atoms with E-state index >= 15 is 0 Å². The molecule has 2 aromatic heterocycles. The molecule has 0 saturated heterocycles. The molecule has 52 heavy (non-hydrogen) atoms. The fraction of sp³-hybridized carbons (Fsp3) is 0.447. The Hall–Kier alpha value is -3.53. The fourth-order valence-electron chi connectivity index (χ4n) is 7.86. The van der Waals surface area contributed by atoms with E-state index < -0.39 is 0 Å². The molecule has 5 aromatic rings. The Labute approximate surface area is 327 Å². The molecule has 0 bridgehead atoms. The third-order valence-corrected chi connectivity index (χ3v) is 10.7. The number of unbranched alkanes of at least 4 members (excludes halogenated alkanes) is 10. The SMILES string of the molecule is CCCCCCCCC1(CCCCCCCC)c2ccccc2-c2c[c-]c(-c3ccc(-c4nc(-c5ccccc5)nc(C(C)(C)C)n4)cn3)cc21.[Ir]. The summed E-state index contributed by atoms with van der Waals surface area (Å²) < 4.78 is 0. The molecule has 1 radical (unpaired) electrons. The zero-order valence-electron chi connectivity index (χ0n) is 32.1. The van der Waals surface area contributed by atoms with Crippen LogP contribution in [0.25, 0.3) is 45.2 Å². The van der Waals surface area contributed by atoms with Gasteiger partial charge in [0.05, 0.1) is 0 Å². The van der Waals surface area contributed by atoms with E-state index in [9.17, 15) is 0 Å². The molecule has 0 N–H and O–H groups in total. The van der Waals surface area contributed by atoms with E-state index in [1.807, 2.05) is 36.5 Å². The summed E-state index contributed by atoms with van der Waals surface area (Å²) in [4.78, 5) is 19.7. The Kier molecular flexibility index (Phi) is 14.1. The van der Waals surface area contributed by atoms with Crippen LogP contribution in [0.15, 0.2) is 85.1 Å². The summed E-state index contributed by atoms with van der Waals surface area (Å²) in [5.74, 6) is 2.11. The number of aromatic nitrogens is 4. The van der Waals surface area contributed by atoms with Crippen molar-refractivity contribution in [2.24, 2.45) is 0 Å². The van der Waals surface area contributed by atoms with Gasteiger partial charge in [0.1, 0.15) is 5.82 Å². The minimum absolute atomic E-state index is 0. The minimum Gasteiger partial charge on any atom is -0.304 e. The number of hydrogen-bond acceptors (Lipinski definition) is 4. The average molecular weight is 870 g/mol. The van der Waals surface area contributed by atoms with E-state index in [1.54, 1.807) is 0 Å². The molecule has 6 rings (SSSR count). The Morgan fingerprint density at radius 3 is 1.81 bits per heavy atom. The summed E-state index contributed by atoms with van der Waals surface area (Å²) in [6, 6.07) is 31.9. The van der Waals surface area contributed by atoms with Crippen LogP contribution in [0.3, 0.4) is 0 Å². The molecule has 3 aromatic carbocycles. The molecular formula is C47H57IrN4-. The van der Waals surface area contributed by atoms with Gasteiger partial charge in [0, 0.05) is 48.3 Å². The van der Waals surface area contributed by atoms with Crippen LogP contribution < -0.4 is 0 Å². The number of hydrogen-bond donors (Lipinski definition) is 0. The predicted molar refractivity (Wildman–Crippen MR) is 214 cm³/mol. The first kappa shape index (κ1) is 39.7. The van der Waals surface area contributed by atoms with Gasteiger partial charge in [0.25, 0.3) is 0 Å². The number of rotatable bonds is 17. The number of pyridine rings is 1. The van der Waals surface area contributed by atoms with Gasteiger partial charge in [-0.05, 0) is 24.1 Å². The maximum Gasteiger partial charge on any atom is 0.165 e. The minimum atomic E-state index is -0.219. The molecule has 1 aliphatic carbocycles. The second-order valence-corrected chi connectivity index (χ2v) is 15.7. The summed E-state index contributed by atoms with van der Waals surface area (Å²) in [6.07, 6.45) is 20.1. The van der Waals surface area contributed by atoms with Crippen molar-refractivity contribution in [3.8, 4) is 45.2 Å². The molecule has 4 nitrogen and oxygen atoms in total. The molecular weight excluding hydrogens is 813 g/mol. The summed E-state index contributed by atoms with van der Waals surface area (Å²) >= 11 is 0. The smallest absolute Gasteiger partial charge is 0.165 e. The topological polar surface area (TPSA) is 51.6 Å². The summed E-state index contributed by atoms with van der Waals surface area (Å²) in [5.41, 5.74) is 9.42. The van der Waals surface area contributed by atoms with Crippen LogP contribution in [0, 0.1) is 6.07 Å². The predicted octanol–water partition coefficient (Wildman–Crippen LogP) is 13.1. The standard InChI is InChI=1S/C47H57N4.Ir/c1-6-8-10-12-14-21-31-47(32-22-15-13-11-9-7-2)40-26-20-19-25-38(40)39-29-27-36(33-41(39)47)42-30-28-37(34-48-42)44-49-43(35-23-17-16-18-24-35)50-45(51-44)46(3,4)5;/h16-20,23-26,28-30,33-34H,6-15,21-22,31-32H2,1-5H3;/q-1;. The Morgan fingerprint density at radius 2 is 1.19 bits per heavy atom. The molecule has 1 aliphatic rings. The van der Waals surface area contributed by atoms with E-state index in [1.165, 1.54) is 112 Å². The van der Waals surface area contributed by atoms with E-state index in [-0.39, 0.29) is 30.9 Å². The van der Waals surface area contributed by atoms with E-state index in [0.29, 0.717) is 11.6 Å². The monoisotopic (exact) mass is 870 g/mol. The first-order valence-electron chi connectivity index (χ1n) is 19.8. The molecule has 0 atom stereocenters. The van der Waals surface area contributed by atoms with Crippen LogP contribution >= 0.6 is 0 Å². The Bertz CT molecular complexity index is 1840. The number of nitrogens with zero attached hydrogens (tertiary/aromatic N) is 4. The van der Waals surface area contributed by atoms with Gasteiger partial charge in [0.2, 0.25) is 0 Å². The largest absolute Gasteiger partial charge is 0.304 e. The maximum absolute atomic E-state index is 5.02. The number of benzene rings is 3. The zero-order chi connectivity index (χ0) is 35.7. The number of fused-ring (bicyclic) bond motifs is 3. The second kappa shape index (κ2) is 18.5. The second-order valence-electron chi connectivity index (χ2n) is 15.7. The molecule has 0 saturated carbocycles. The maximum atomic E-state index is 5.02. The van der Waals surface area contributed by atoms with Gasteiger partial charge >= 0.3 is 0 Å². The summed E-state index contributed by atoms with van der Waals surface area (Å²) in [5, 5.41) is 0. The van der Waals surface area contributed by atoms with Crippen molar-refractivity contribution >= 4 is 0 Å². The molecule has 2 heterocycles. The fourth-order valence-corrected chi connectivity index (χ4v) is 7.86. The summed E-state index contributed by atoms with van der Waals surface area (Å²) in [6.45, 7) is 11.0. The van der Waals surface area contributed by atoms with Crippen molar-refractivity contribution in [2.75, 3.05) is 0 Å². The zero-order valence-corrected chi connectivity index (χ0v) is 34.5. The molecule has 0 spiro atoms. The molecule has 0 amide bonds. The third-order valence-electron chi connectivity index (χ3n) is 10.7. The van der Waals surface area contributed by atoms with Crippen LogP contribution in [-0.2, 0) is 30.9 Å². The third kappa shape index (κ3) is 9.15. The molecule has 0 unspecified atom stereocenters. The quantitative estimate of drug-likeness (QED) is 0.0690. The first-order valence-corrected chi connectivity index (χ1v) is 19.8. The van der Waals surface area contributed by atoms with Crippen LogP contribution in [-0.4, -0.2) is 19.9 Å². The van der Waals surface area contributed by atoms with Gasteiger partial charge in [-0.2, -0.15) is 0 Å². The molecule has 275 valence electrons. The van der Waals surface area contributed by atoms with Gasteiger partial charge in [-0.25, -0.2) is 15.0 Å². The normalized spacial score (nSPS) is 13.0. The first-order chi connectivity index (χ1) is 24.8. The molecule has 5 heteroatoms. The Morgan fingerprint density at radius 1 is 0.596 bits per heavy atom. The van der Waals surface area contributed by atoms with Gasteiger partial charge in [0.15, 0.2) is 11.6 Å². The van der Waals surface area contributed by atoms with Crippen molar-refractivity contribution in [3.05, 3.63) is 108 Å². The van der Waals surface area contributed by atoms with Gasteiger partial charge in [-0.15, -0.1) is 29.3 Å². The average Bonchev–Trinajstić information content (AvgIpc) is 3.43. The van der Waals surface area contributed by atoms with E-state index in [4.69, 9.17) is 19.9 Å². The summed E-state index contributed by atoms with van der Waals surface area (Å²) in [7, 11) is 0. The van der Waals surface area contributed by atoms with Crippen molar-refractivity contribution in [1.29, 1.82) is 0 Å². The molecule has 0 aliphatic heterocycles. The molecule has 0 fully saturated rings.